The maximum absolute atomic E-state index is 13.5. The fourth-order valence-corrected chi connectivity index (χ4v) is 2.69. The van der Waals surface area contributed by atoms with E-state index in [9.17, 15) is 13.2 Å². The third-order valence-electron chi connectivity index (χ3n) is 3.31. The van der Waals surface area contributed by atoms with Crippen LogP contribution in [-0.4, -0.2) is 13.1 Å². The Morgan fingerprint density at radius 1 is 1.05 bits per heavy atom. The molecule has 2 aromatic rings. The number of benzene rings is 2. The molecular formula is C16H15BrF3N. The molecular weight excluding hydrogens is 343 g/mol. The lowest BCUT2D eigenvalue weighted by atomic mass is 9.99. The summed E-state index contributed by atoms with van der Waals surface area (Å²) in [7, 11) is 1.77. The van der Waals surface area contributed by atoms with Gasteiger partial charge in [-0.15, -0.1) is 0 Å². The van der Waals surface area contributed by atoms with Gasteiger partial charge in [0.25, 0.3) is 0 Å². The first kappa shape index (κ1) is 16.0. The van der Waals surface area contributed by atoms with Crippen LogP contribution in [-0.2, 0) is 12.8 Å². The van der Waals surface area contributed by atoms with E-state index >= 15 is 0 Å². The zero-order chi connectivity index (χ0) is 15.4. The smallest absolute Gasteiger partial charge is 0.137 e. The lowest BCUT2D eigenvalue weighted by molar-refractivity contribution is 0.540. The largest absolute Gasteiger partial charge is 0.316 e. The fourth-order valence-electron chi connectivity index (χ4n) is 2.26. The molecule has 1 nitrogen and oxygen atoms in total. The van der Waals surface area contributed by atoms with Crippen molar-refractivity contribution in [1.29, 1.82) is 0 Å². The van der Waals surface area contributed by atoms with Gasteiger partial charge in [0.05, 0.1) is 4.47 Å². The van der Waals surface area contributed by atoms with Crippen molar-refractivity contribution in [3.05, 3.63) is 69.4 Å². The summed E-state index contributed by atoms with van der Waals surface area (Å²) < 4.78 is 40.3. The molecule has 1 N–H and O–H groups in total. The highest BCUT2D eigenvalue weighted by Gasteiger charge is 2.13. The maximum Gasteiger partial charge on any atom is 0.137 e. The van der Waals surface area contributed by atoms with Gasteiger partial charge in [0.15, 0.2) is 0 Å². The Bertz CT molecular complexity index is 611. The van der Waals surface area contributed by atoms with Crippen molar-refractivity contribution in [2.45, 2.75) is 18.9 Å². The molecule has 0 bridgehead atoms. The Morgan fingerprint density at radius 3 is 2.33 bits per heavy atom. The van der Waals surface area contributed by atoms with Gasteiger partial charge >= 0.3 is 0 Å². The van der Waals surface area contributed by atoms with Gasteiger partial charge in [-0.05, 0) is 65.1 Å². The average Bonchev–Trinajstić information content (AvgIpc) is 2.42. The maximum atomic E-state index is 13.5. The fraction of sp³-hybridized carbons (Fsp3) is 0.250. The summed E-state index contributed by atoms with van der Waals surface area (Å²) in [6, 6.07) is 8.27. The second kappa shape index (κ2) is 7.09. The van der Waals surface area contributed by atoms with Crippen molar-refractivity contribution >= 4 is 15.9 Å². The highest BCUT2D eigenvalue weighted by Crippen LogP contribution is 2.22. The molecule has 0 aliphatic carbocycles. The van der Waals surface area contributed by atoms with Gasteiger partial charge in [-0.25, -0.2) is 13.2 Å². The molecule has 21 heavy (non-hydrogen) atoms. The predicted octanol–water partition coefficient (Wildman–Crippen LogP) is 4.24. The minimum absolute atomic E-state index is 0.0516. The van der Waals surface area contributed by atoms with Crippen molar-refractivity contribution in [2.75, 3.05) is 7.05 Å². The zero-order valence-electron chi connectivity index (χ0n) is 11.5. The van der Waals surface area contributed by atoms with E-state index in [0.29, 0.717) is 22.9 Å². The Hall–Kier alpha value is -1.33. The molecule has 0 aliphatic heterocycles. The van der Waals surface area contributed by atoms with E-state index in [1.165, 1.54) is 18.2 Å². The Kier molecular flexibility index (Phi) is 5.42. The van der Waals surface area contributed by atoms with Crippen molar-refractivity contribution in [3.63, 3.8) is 0 Å². The molecule has 0 fully saturated rings. The van der Waals surface area contributed by atoms with Gasteiger partial charge in [0.1, 0.15) is 17.5 Å². The molecule has 0 saturated carbocycles. The summed E-state index contributed by atoms with van der Waals surface area (Å²) in [5, 5.41) is 3.10. The van der Waals surface area contributed by atoms with Crippen molar-refractivity contribution < 1.29 is 13.2 Å². The van der Waals surface area contributed by atoms with Crippen LogP contribution in [0.4, 0.5) is 13.2 Å². The van der Waals surface area contributed by atoms with E-state index in [2.05, 4.69) is 21.2 Å². The third kappa shape index (κ3) is 4.32. The van der Waals surface area contributed by atoms with Crippen molar-refractivity contribution in [1.82, 2.24) is 5.32 Å². The molecule has 5 heteroatoms. The van der Waals surface area contributed by atoms with Gasteiger partial charge in [-0.2, -0.15) is 0 Å². The lowest BCUT2D eigenvalue weighted by Crippen LogP contribution is -2.30. The summed E-state index contributed by atoms with van der Waals surface area (Å²) in [4.78, 5) is 0. The molecule has 2 rings (SSSR count). The number of halogens is 4. The Balaban J connectivity index is 2.15. The normalized spacial score (nSPS) is 12.4. The molecule has 1 atom stereocenters. The topological polar surface area (TPSA) is 12.0 Å². The average molecular weight is 358 g/mol. The van der Waals surface area contributed by atoms with Crippen LogP contribution in [0.2, 0.25) is 0 Å². The van der Waals surface area contributed by atoms with Crippen LogP contribution in [0.1, 0.15) is 11.1 Å². The molecule has 0 aliphatic rings. The first-order chi connectivity index (χ1) is 9.99. The molecule has 2 aromatic carbocycles. The first-order valence-corrected chi connectivity index (χ1v) is 7.34. The molecule has 0 radical (unpaired) electrons. The Labute approximate surface area is 130 Å². The number of likely N-dealkylation sites (N-methyl/N-ethyl adjacent to an activating group) is 1. The third-order valence-corrected chi connectivity index (χ3v) is 4.20. The Morgan fingerprint density at radius 2 is 1.71 bits per heavy atom. The SMILES string of the molecule is CNC(Cc1cc(F)cc(F)c1)Cc1cccc(F)c1Br. The number of hydrogen-bond acceptors (Lipinski definition) is 1. The molecule has 0 heterocycles. The van der Waals surface area contributed by atoms with E-state index in [1.807, 2.05) is 6.07 Å². The van der Waals surface area contributed by atoms with Crippen LogP contribution in [0.15, 0.2) is 40.9 Å². The van der Waals surface area contributed by atoms with Crippen molar-refractivity contribution in [3.8, 4) is 0 Å². The number of rotatable bonds is 5. The molecule has 0 spiro atoms. The monoisotopic (exact) mass is 357 g/mol. The van der Waals surface area contributed by atoms with E-state index < -0.39 is 11.6 Å². The van der Waals surface area contributed by atoms with Gasteiger partial charge in [0.2, 0.25) is 0 Å². The van der Waals surface area contributed by atoms with E-state index in [4.69, 9.17) is 0 Å². The second-order valence-corrected chi connectivity index (χ2v) is 5.68. The van der Waals surface area contributed by atoms with Gasteiger partial charge in [0, 0.05) is 12.1 Å². The first-order valence-electron chi connectivity index (χ1n) is 6.54. The molecule has 1 unspecified atom stereocenters. The predicted molar refractivity (Wildman–Crippen MR) is 80.7 cm³/mol. The summed E-state index contributed by atoms with van der Waals surface area (Å²) in [6.45, 7) is 0. The highest BCUT2D eigenvalue weighted by atomic mass is 79.9. The molecule has 0 amide bonds. The van der Waals surface area contributed by atoms with Crippen LogP contribution in [0.25, 0.3) is 0 Å². The standard InChI is InChI=1S/C16H15BrF3N/c1-21-14(7-10-5-12(18)9-13(19)6-10)8-11-3-2-4-15(20)16(11)17/h2-6,9,14,21H,7-8H2,1H3. The molecule has 0 saturated heterocycles. The van der Waals surface area contributed by atoms with Crippen LogP contribution >= 0.6 is 15.9 Å². The highest BCUT2D eigenvalue weighted by molar-refractivity contribution is 9.10. The zero-order valence-corrected chi connectivity index (χ0v) is 13.1. The van der Waals surface area contributed by atoms with Gasteiger partial charge < -0.3 is 5.32 Å². The van der Waals surface area contributed by atoms with Gasteiger partial charge in [-0.3, -0.25) is 0 Å². The van der Waals surface area contributed by atoms with E-state index in [-0.39, 0.29) is 11.9 Å². The minimum Gasteiger partial charge on any atom is -0.316 e. The van der Waals surface area contributed by atoms with Crippen LogP contribution in [0.5, 0.6) is 0 Å². The summed E-state index contributed by atoms with van der Waals surface area (Å²) in [5.41, 5.74) is 1.38. The number of nitrogens with one attached hydrogen (secondary N) is 1. The number of hydrogen-bond donors (Lipinski definition) is 1. The summed E-state index contributed by atoms with van der Waals surface area (Å²) >= 11 is 3.22. The van der Waals surface area contributed by atoms with Crippen LogP contribution in [0.3, 0.4) is 0 Å². The molecule has 112 valence electrons. The minimum atomic E-state index is -0.591. The second-order valence-electron chi connectivity index (χ2n) is 4.88. The molecule has 0 aromatic heterocycles. The van der Waals surface area contributed by atoms with Crippen LogP contribution < -0.4 is 5.32 Å². The van der Waals surface area contributed by atoms with Gasteiger partial charge in [-0.1, -0.05) is 12.1 Å². The van der Waals surface area contributed by atoms with E-state index in [0.717, 1.165) is 11.6 Å². The van der Waals surface area contributed by atoms with Crippen molar-refractivity contribution in [2.24, 2.45) is 0 Å². The van der Waals surface area contributed by atoms with Crippen LogP contribution in [0, 0.1) is 17.5 Å². The summed E-state index contributed by atoms with van der Waals surface area (Å²) in [6.07, 6.45) is 1.00. The van der Waals surface area contributed by atoms with E-state index in [1.54, 1.807) is 13.1 Å². The lowest BCUT2D eigenvalue weighted by Gasteiger charge is -2.17. The summed E-state index contributed by atoms with van der Waals surface area (Å²) in [5.74, 6) is -1.50. The quantitative estimate of drug-likeness (QED) is 0.843.